The van der Waals surface area contributed by atoms with E-state index in [0.29, 0.717) is 17.5 Å². The van der Waals surface area contributed by atoms with Crippen molar-refractivity contribution in [1.82, 2.24) is 15.1 Å². The highest BCUT2D eigenvalue weighted by atomic mass is 35.5. The van der Waals surface area contributed by atoms with Gasteiger partial charge in [0.2, 0.25) is 11.8 Å². The molecule has 0 unspecified atom stereocenters. The second-order valence-electron chi connectivity index (χ2n) is 7.91. The summed E-state index contributed by atoms with van der Waals surface area (Å²) in [7, 11) is 2.12. The van der Waals surface area contributed by atoms with Crippen molar-refractivity contribution in [3.63, 3.8) is 0 Å². The first-order valence-electron chi connectivity index (χ1n) is 9.97. The number of rotatable bonds is 4. The number of nitrogens with one attached hydrogen (secondary N) is 1. The van der Waals surface area contributed by atoms with Gasteiger partial charge in [0.15, 0.2) is 0 Å². The molecule has 2 heterocycles. The van der Waals surface area contributed by atoms with E-state index >= 15 is 0 Å². The molecule has 0 radical (unpaired) electrons. The topological polar surface area (TPSA) is 54.2 Å². The van der Waals surface area contributed by atoms with Crippen LogP contribution in [0.1, 0.15) is 24.0 Å². The Morgan fingerprint density at radius 3 is 2.35 bits per heavy atom. The van der Waals surface area contributed by atoms with Gasteiger partial charge in [0.1, 0.15) is 0 Å². The minimum atomic E-state index is -4.52. The van der Waals surface area contributed by atoms with Crippen LogP contribution in [-0.2, 0) is 6.18 Å². The number of anilines is 1. The average Bonchev–Trinajstić information content (AvgIpc) is 3.19. The second kappa shape index (κ2) is 8.51. The van der Waals surface area contributed by atoms with Crippen LogP contribution < -0.4 is 5.32 Å². The predicted octanol–water partition coefficient (Wildman–Crippen LogP) is 5.89. The first kappa shape index (κ1) is 21.6. The van der Waals surface area contributed by atoms with Gasteiger partial charge in [-0.15, -0.1) is 10.2 Å². The number of halogens is 4. The lowest BCUT2D eigenvalue weighted by atomic mass is 10.0. The molecule has 0 bridgehead atoms. The van der Waals surface area contributed by atoms with E-state index in [4.69, 9.17) is 16.0 Å². The van der Waals surface area contributed by atoms with Gasteiger partial charge in [-0.3, -0.25) is 0 Å². The van der Waals surface area contributed by atoms with Crippen LogP contribution in [0, 0.1) is 6.92 Å². The summed E-state index contributed by atoms with van der Waals surface area (Å²) in [4.78, 5) is 2.31. The van der Waals surface area contributed by atoms with Crippen LogP contribution in [0.2, 0.25) is 5.02 Å². The molecule has 0 spiro atoms. The Hall–Kier alpha value is -2.58. The van der Waals surface area contributed by atoms with E-state index in [9.17, 15) is 13.2 Å². The maximum atomic E-state index is 12.9. The average molecular weight is 451 g/mol. The zero-order valence-corrected chi connectivity index (χ0v) is 17.9. The molecule has 1 fully saturated rings. The van der Waals surface area contributed by atoms with Gasteiger partial charge in [0.05, 0.1) is 10.6 Å². The molecule has 31 heavy (non-hydrogen) atoms. The summed E-state index contributed by atoms with van der Waals surface area (Å²) in [6.07, 6.45) is -2.38. The van der Waals surface area contributed by atoms with Gasteiger partial charge in [-0.05, 0) is 81.9 Å². The zero-order valence-electron chi connectivity index (χ0n) is 17.1. The molecule has 0 saturated carbocycles. The van der Waals surface area contributed by atoms with Crippen molar-refractivity contribution in [2.75, 3.05) is 25.5 Å². The molecule has 1 saturated heterocycles. The number of piperidine rings is 1. The molecule has 1 N–H and O–H groups in total. The number of nitrogens with zero attached hydrogens (tertiary/aromatic N) is 3. The van der Waals surface area contributed by atoms with Crippen molar-refractivity contribution >= 4 is 17.3 Å². The molecule has 5 nitrogen and oxygen atoms in total. The molecule has 1 aliphatic rings. The van der Waals surface area contributed by atoms with Gasteiger partial charge in [0.25, 0.3) is 0 Å². The van der Waals surface area contributed by atoms with E-state index in [1.807, 2.05) is 19.1 Å². The molecule has 0 atom stereocenters. The van der Waals surface area contributed by atoms with Crippen LogP contribution in [0.4, 0.5) is 18.9 Å². The summed E-state index contributed by atoms with van der Waals surface area (Å²) in [6.45, 7) is 4.09. The normalized spacial score (nSPS) is 15.9. The fourth-order valence-electron chi connectivity index (χ4n) is 3.71. The van der Waals surface area contributed by atoms with E-state index in [2.05, 4.69) is 33.5 Å². The van der Waals surface area contributed by atoms with Crippen LogP contribution in [0.15, 0.2) is 40.8 Å². The third-order valence-electron chi connectivity index (χ3n) is 5.36. The molecule has 3 aromatic rings. The minimum absolute atomic E-state index is 0.108. The maximum Gasteiger partial charge on any atom is 0.417 e. The molecular weight excluding hydrogens is 429 g/mol. The summed E-state index contributed by atoms with van der Waals surface area (Å²) in [5, 5.41) is 11.2. The maximum absolute atomic E-state index is 12.9. The standard InChI is InChI=1S/C22H22ClF3N4O/c1-13-9-15(11-17(10-13)27-16-5-7-30(2)8-6-16)21-29-28-20(31-21)14-3-4-18(19(23)12-14)22(24,25)26/h3-4,9-12,16,27H,5-8H2,1-2H3. The third kappa shape index (κ3) is 5.02. The highest BCUT2D eigenvalue weighted by Gasteiger charge is 2.33. The van der Waals surface area contributed by atoms with E-state index in [-0.39, 0.29) is 5.89 Å². The molecule has 9 heteroatoms. The van der Waals surface area contributed by atoms with Gasteiger partial charge >= 0.3 is 6.18 Å². The Kier molecular flexibility index (Phi) is 5.94. The highest BCUT2D eigenvalue weighted by Crippen LogP contribution is 2.37. The summed E-state index contributed by atoms with van der Waals surface area (Å²) in [5.41, 5.74) is 2.18. The van der Waals surface area contributed by atoms with Crippen molar-refractivity contribution in [2.45, 2.75) is 32.0 Å². The van der Waals surface area contributed by atoms with E-state index in [1.54, 1.807) is 0 Å². The lowest BCUT2D eigenvalue weighted by Crippen LogP contribution is -2.36. The number of alkyl halides is 3. The number of hydrogen-bond donors (Lipinski definition) is 1. The Balaban J connectivity index is 1.56. The lowest BCUT2D eigenvalue weighted by molar-refractivity contribution is -0.137. The third-order valence-corrected chi connectivity index (χ3v) is 5.67. The van der Waals surface area contributed by atoms with Crippen LogP contribution in [0.25, 0.3) is 22.9 Å². The van der Waals surface area contributed by atoms with Crippen LogP contribution in [0.5, 0.6) is 0 Å². The van der Waals surface area contributed by atoms with Gasteiger partial charge in [-0.1, -0.05) is 11.6 Å². The number of hydrogen-bond acceptors (Lipinski definition) is 5. The summed E-state index contributed by atoms with van der Waals surface area (Å²) in [5.74, 6) is 0.401. The fourth-order valence-corrected chi connectivity index (χ4v) is 4.00. The van der Waals surface area contributed by atoms with Crippen molar-refractivity contribution < 1.29 is 17.6 Å². The van der Waals surface area contributed by atoms with Crippen molar-refractivity contribution in [2.24, 2.45) is 0 Å². The van der Waals surface area contributed by atoms with E-state index in [1.165, 1.54) is 12.1 Å². The summed E-state index contributed by atoms with van der Waals surface area (Å²) < 4.78 is 44.5. The quantitative estimate of drug-likeness (QED) is 0.537. The molecule has 1 aromatic heterocycles. The molecule has 2 aromatic carbocycles. The SMILES string of the molecule is Cc1cc(NC2CCN(C)CC2)cc(-c2nnc(-c3ccc(C(F)(F)F)c(Cl)c3)o2)c1. The minimum Gasteiger partial charge on any atom is -0.416 e. The first-order valence-corrected chi connectivity index (χ1v) is 10.3. The highest BCUT2D eigenvalue weighted by molar-refractivity contribution is 6.31. The molecule has 0 aliphatic carbocycles. The number of likely N-dealkylation sites (tertiary alicyclic amines) is 1. The smallest absolute Gasteiger partial charge is 0.416 e. The lowest BCUT2D eigenvalue weighted by Gasteiger charge is -2.30. The van der Waals surface area contributed by atoms with Crippen LogP contribution in [0.3, 0.4) is 0 Å². The first-order chi connectivity index (χ1) is 14.7. The Morgan fingerprint density at radius 1 is 1.03 bits per heavy atom. The van der Waals surface area contributed by atoms with Gasteiger partial charge in [-0.2, -0.15) is 13.2 Å². The molecule has 4 rings (SSSR count). The number of benzene rings is 2. The Labute approximate surface area is 183 Å². The van der Waals surface area contributed by atoms with Gasteiger partial charge in [-0.25, -0.2) is 0 Å². The summed E-state index contributed by atoms with van der Waals surface area (Å²) >= 11 is 5.81. The number of aromatic nitrogens is 2. The van der Waals surface area contributed by atoms with Crippen molar-refractivity contribution in [3.8, 4) is 22.9 Å². The van der Waals surface area contributed by atoms with Gasteiger partial charge in [0, 0.05) is 22.9 Å². The molecule has 164 valence electrons. The zero-order chi connectivity index (χ0) is 22.2. The molecule has 0 amide bonds. The van der Waals surface area contributed by atoms with E-state index in [0.717, 1.165) is 48.8 Å². The summed E-state index contributed by atoms with van der Waals surface area (Å²) in [6, 6.07) is 9.71. The van der Waals surface area contributed by atoms with Crippen LogP contribution >= 0.6 is 11.6 Å². The molecule has 1 aliphatic heterocycles. The Bertz CT molecular complexity index is 1070. The molecular formula is C22H22ClF3N4O. The van der Waals surface area contributed by atoms with Crippen molar-refractivity contribution in [3.05, 3.63) is 52.5 Å². The Morgan fingerprint density at radius 2 is 1.71 bits per heavy atom. The van der Waals surface area contributed by atoms with Gasteiger partial charge < -0.3 is 14.6 Å². The fraction of sp³-hybridized carbons (Fsp3) is 0.364. The monoisotopic (exact) mass is 450 g/mol. The van der Waals surface area contributed by atoms with Crippen molar-refractivity contribution in [1.29, 1.82) is 0 Å². The predicted molar refractivity (Wildman–Crippen MR) is 114 cm³/mol. The second-order valence-corrected chi connectivity index (χ2v) is 8.32. The largest absolute Gasteiger partial charge is 0.417 e. The van der Waals surface area contributed by atoms with Crippen LogP contribution in [-0.4, -0.2) is 41.3 Å². The van der Waals surface area contributed by atoms with E-state index < -0.39 is 16.8 Å². The number of aryl methyl sites for hydroxylation is 1.